The molecule has 0 amide bonds. The molecule has 3 rings (SSSR count). The molecule has 0 spiro atoms. The lowest BCUT2D eigenvalue weighted by molar-refractivity contribution is -0.149. The Kier molecular flexibility index (Phi) is 6.22. The van der Waals surface area contributed by atoms with Crippen LogP contribution in [0.3, 0.4) is 0 Å². The zero-order chi connectivity index (χ0) is 21.0. The normalized spacial score (nSPS) is 14.0. The van der Waals surface area contributed by atoms with Gasteiger partial charge in [-0.3, -0.25) is 4.79 Å². The zero-order valence-electron chi connectivity index (χ0n) is 17.0. The Bertz CT molecular complexity index is 941. The van der Waals surface area contributed by atoms with Gasteiger partial charge in [0, 0.05) is 5.56 Å². The summed E-state index contributed by atoms with van der Waals surface area (Å²) in [6.45, 7) is 7.64. The van der Waals surface area contributed by atoms with Gasteiger partial charge in [0.2, 0.25) is 5.78 Å². The van der Waals surface area contributed by atoms with Gasteiger partial charge in [0.15, 0.2) is 12.4 Å². The van der Waals surface area contributed by atoms with Crippen LogP contribution in [0.1, 0.15) is 42.3 Å². The van der Waals surface area contributed by atoms with Crippen LogP contribution in [0.15, 0.2) is 42.2 Å². The first-order valence-electron chi connectivity index (χ1n) is 9.52. The molecule has 1 aliphatic heterocycles. The second kappa shape index (κ2) is 8.82. The number of ether oxygens (including phenoxy) is 4. The number of rotatable bonds is 7. The van der Waals surface area contributed by atoms with Gasteiger partial charge in [-0.2, -0.15) is 0 Å². The Morgan fingerprint density at radius 1 is 1.10 bits per heavy atom. The van der Waals surface area contributed by atoms with Gasteiger partial charge in [-0.25, -0.2) is 4.79 Å². The van der Waals surface area contributed by atoms with Gasteiger partial charge in [-0.05, 0) is 63.6 Å². The molecule has 1 heterocycles. The van der Waals surface area contributed by atoms with Crippen molar-refractivity contribution in [3.05, 3.63) is 58.8 Å². The first-order valence-corrected chi connectivity index (χ1v) is 9.52. The molecule has 0 saturated carbocycles. The smallest absolute Gasteiger partial charge is 0.344 e. The molecule has 0 aliphatic carbocycles. The average molecular weight is 396 g/mol. The molecular formula is C23H24O6. The summed E-state index contributed by atoms with van der Waals surface area (Å²) in [5.41, 5.74) is 1.95. The quantitative estimate of drug-likeness (QED) is 0.512. The van der Waals surface area contributed by atoms with E-state index in [2.05, 4.69) is 0 Å². The van der Waals surface area contributed by atoms with E-state index in [0.29, 0.717) is 29.2 Å². The lowest BCUT2D eigenvalue weighted by atomic mass is 10.1. The predicted octanol–water partition coefficient (Wildman–Crippen LogP) is 4.34. The van der Waals surface area contributed by atoms with Crippen LogP contribution in [0.25, 0.3) is 6.08 Å². The second-order valence-corrected chi connectivity index (χ2v) is 6.83. The van der Waals surface area contributed by atoms with Gasteiger partial charge < -0.3 is 18.9 Å². The van der Waals surface area contributed by atoms with Crippen molar-refractivity contribution in [1.29, 1.82) is 0 Å². The Morgan fingerprint density at radius 2 is 1.83 bits per heavy atom. The summed E-state index contributed by atoms with van der Waals surface area (Å²) in [6.07, 6.45) is 1.49. The monoisotopic (exact) mass is 396 g/mol. The minimum Gasteiger partial charge on any atom is -0.494 e. The molecule has 0 atom stereocenters. The fraction of sp³-hybridized carbons (Fsp3) is 0.304. The van der Waals surface area contributed by atoms with Crippen molar-refractivity contribution in [2.45, 2.75) is 33.8 Å². The topological polar surface area (TPSA) is 71.1 Å². The highest BCUT2D eigenvalue weighted by Gasteiger charge is 2.30. The fourth-order valence-corrected chi connectivity index (χ4v) is 2.94. The Labute approximate surface area is 170 Å². The van der Waals surface area contributed by atoms with Crippen molar-refractivity contribution < 1.29 is 28.5 Å². The maximum absolute atomic E-state index is 12.7. The van der Waals surface area contributed by atoms with E-state index in [-0.39, 0.29) is 24.3 Å². The van der Waals surface area contributed by atoms with E-state index >= 15 is 0 Å². The van der Waals surface area contributed by atoms with Crippen LogP contribution in [-0.2, 0) is 9.53 Å². The highest BCUT2D eigenvalue weighted by Crippen LogP contribution is 2.39. The molecular weight excluding hydrogens is 372 g/mol. The molecule has 0 bridgehead atoms. The van der Waals surface area contributed by atoms with Crippen molar-refractivity contribution in [3.63, 3.8) is 0 Å². The highest BCUT2D eigenvalue weighted by atomic mass is 16.6. The Morgan fingerprint density at radius 3 is 2.48 bits per heavy atom. The molecule has 0 unspecified atom stereocenters. The van der Waals surface area contributed by atoms with Crippen LogP contribution in [0.2, 0.25) is 0 Å². The number of carbonyl (C=O) groups is 2. The predicted molar refractivity (Wildman–Crippen MR) is 108 cm³/mol. The average Bonchev–Trinajstić information content (AvgIpc) is 2.99. The van der Waals surface area contributed by atoms with Crippen LogP contribution in [0, 0.1) is 6.92 Å². The molecule has 0 N–H and O–H groups in total. The lowest BCUT2D eigenvalue weighted by Crippen LogP contribution is -2.19. The first kappa shape index (κ1) is 20.5. The third-order valence-corrected chi connectivity index (χ3v) is 4.24. The first-order chi connectivity index (χ1) is 13.9. The molecule has 0 saturated heterocycles. The van der Waals surface area contributed by atoms with Crippen molar-refractivity contribution in [2.75, 3.05) is 13.2 Å². The van der Waals surface area contributed by atoms with Crippen molar-refractivity contribution in [2.24, 2.45) is 0 Å². The Hall–Kier alpha value is -3.28. The number of ketones is 1. The number of Topliss-reactive ketones (excluding diaryl/α,β-unsaturated/α-hetero) is 1. The molecule has 29 heavy (non-hydrogen) atoms. The van der Waals surface area contributed by atoms with E-state index in [1.807, 2.05) is 31.2 Å². The van der Waals surface area contributed by atoms with Crippen molar-refractivity contribution in [3.8, 4) is 17.2 Å². The highest BCUT2D eigenvalue weighted by molar-refractivity contribution is 6.15. The van der Waals surface area contributed by atoms with Gasteiger partial charge in [-0.15, -0.1) is 0 Å². The number of allylic oxidation sites excluding steroid dienone is 1. The minimum atomic E-state index is -0.451. The van der Waals surface area contributed by atoms with Crippen molar-refractivity contribution >= 4 is 17.8 Å². The summed E-state index contributed by atoms with van der Waals surface area (Å²) in [6, 6.07) is 10.7. The summed E-state index contributed by atoms with van der Waals surface area (Å²) >= 11 is 0. The van der Waals surface area contributed by atoms with Gasteiger partial charge in [0.25, 0.3) is 0 Å². The maximum atomic E-state index is 12.7. The van der Waals surface area contributed by atoms with E-state index in [1.54, 1.807) is 39.0 Å². The van der Waals surface area contributed by atoms with Crippen LogP contribution >= 0.6 is 0 Å². The van der Waals surface area contributed by atoms with Gasteiger partial charge >= 0.3 is 5.97 Å². The number of carbonyl (C=O) groups excluding carboxylic acids is 2. The van der Waals surface area contributed by atoms with Crippen LogP contribution in [-0.4, -0.2) is 31.1 Å². The summed E-state index contributed by atoms with van der Waals surface area (Å²) in [5.74, 6) is 1.28. The van der Waals surface area contributed by atoms with Gasteiger partial charge in [0.05, 0.1) is 18.3 Å². The largest absolute Gasteiger partial charge is 0.494 e. The fourth-order valence-electron chi connectivity index (χ4n) is 2.94. The maximum Gasteiger partial charge on any atom is 0.344 e. The number of hydrogen-bond donors (Lipinski definition) is 0. The second-order valence-electron chi connectivity index (χ2n) is 6.83. The zero-order valence-corrected chi connectivity index (χ0v) is 17.0. The molecule has 6 nitrogen and oxygen atoms in total. The standard InChI is InChI=1S/C23H24O6/c1-5-26-17-8-6-16(7-9-17)12-20-22(25)18-10-11-19(15(4)23(18)29-20)27-13-21(24)28-14(2)3/h6-12,14H,5,13H2,1-4H3/b20-12-. The van der Waals surface area contributed by atoms with Crippen molar-refractivity contribution in [1.82, 2.24) is 0 Å². The number of esters is 1. The van der Waals surface area contributed by atoms with E-state index in [0.717, 1.165) is 11.3 Å². The Balaban J connectivity index is 1.76. The van der Waals surface area contributed by atoms with Crippen LogP contribution in [0.4, 0.5) is 0 Å². The van der Waals surface area contributed by atoms with Gasteiger partial charge in [0.1, 0.15) is 17.2 Å². The summed E-state index contributed by atoms with van der Waals surface area (Å²) in [7, 11) is 0. The minimum absolute atomic E-state index is 0.192. The molecule has 6 heteroatoms. The van der Waals surface area contributed by atoms with Gasteiger partial charge in [-0.1, -0.05) is 12.1 Å². The van der Waals surface area contributed by atoms with E-state index in [4.69, 9.17) is 18.9 Å². The molecule has 0 fully saturated rings. The SMILES string of the molecule is CCOc1ccc(/C=C2\Oc3c(ccc(OCC(=O)OC(C)C)c3C)C2=O)cc1. The van der Waals surface area contributed by atoms with E-state index in [1.165, 1.54) is 0 Å². The number of hydrogen-bond acceptors (Lipinski definition) is 6. The number of fused-ring (bicyclic) bond motifs is 1. The lowest BCUT2D eigenvalue weighted by Gasteiger charge is -2.12. The van der Waals surface area contributed by atoms with Crippen LogP contribution < -0.4 is 14.2 Å². The summed E-state index contributed by atoms with van der Waals surface area (Å²) < 4.78 is 21.9. The molecule has 2 aromatic rings. The molecule has 0 aromatic heterocycles. The van der Waals surface area contributed by atoms with Crippen LogP contribution in [0.5, 0.6) is 17.2 Å². The molecule has 0 radical (unpaired) electrons. The number of benzene rings is 2. The molecule has 2 aromatic carbocycles. The third kappa shape index (κ3) is 4.77. The summed E-state index contributed by atoms with van der Waals surface area (Å²) in [5, 5.41) is 0. The van der Waals surface area contributed by atoms with E-state index in [9.17, 15) is 9.59 Å². The van der Waals surface area contributed by atoms with E-state index < -0.39 is 5.97 Å². The molecule has 1 aliphatic rings. The molecule has 152 valence electrons. The third-order valence-electron chi connectivity index (χ3n) is 4.24. The summed E-state index contributed by atoms with van der Waals surface area (Å²) in [4.78, 5) is 24.4.